The summed E-state index contributed by atoms with van der Waals surface area (Å²) in [5.74, 6) is 0. The molecule has 0 bridgehead atoms. The molecular weight excluding hydrogens is 465 g/mol. The number of hydrogen-bond donors (Lipinski definition) is 1. The largest absolute Gasteiger partial charge is 0.242 e. The van der Waals surface area contributed by atoms with Crippen LogP contribution < -0.4 is 4.72 Å². The lowest BCUT2D eigenvalue weighted by molar-refractivity contribution is 0.635. The van der Waals surface area contributed by atoms with Crippen molar-refractivity contribution in [1.29, 1.82) is 0 Å². The molecule has 3 aromatic rings. The summed E-state index contributed by atoms with van der Waals surface area (Å²) in [5.41, 5.74) is 4.23. The Labute approximate surface area is 193 Å². The lowest BCUT2D eigenvalue weighted by Gasteiger charge is -2.17. The van der Waals surface area contributed by atoms with Gasteiger partial charge in [0.05, 0.1) is 20.8 Å². The first-order valence-corrected chi connectivity index (χ1v) is 12.2. The second kappa shape index (κ2) is 9.09. The molecular formula is C22H22Cl3NOS2. The van der Waals surface area contributed by atoms with Gasteiger partial charge < -0.3 is 0 Å². The first kappa shape index (κ1) is 22.8. The molecule has 29 heavy (non-hydrogen) atoms. The lowest BCUT2D eigenvalue weighted by atomic mass is 9.98. The molecule has 1 N–H and O–H groups in total. The van der Waals surface area contributed by atoms with E-state index in [-0.39, 0.29) is 4.75 Å². The Hall–Kier alpha value is -0.880. The Morgan fingerprint density at radius 3 is 2.21 bits per heavy atom. The second-order valence-electron chi connectivity index (χ2n) is 7.69. The Morgan fingerprint density at radius 1 is 1.00 bits per heavy atom. The van der Waals surface area contributed by atoms with E-state index in [0.29, 0.717) is 21.6 Å². The molecule has 154 valence electrons. The SMILES string of the molecule is Cc1c(CNS(=O)C(C)(C)C)sc(-c2ccc(Cl)cc2Cl)c1-c1ccc(Cl)cc1. The van der Waals surface area contributed by atoms with Crippen LogP contribution in [0.15, 0.2) is 42.5 Å². The van der Waals surface area contributed by atoms with Crippen molar-refractivity contribution >= 4 is 57.1 Å². The molecule has 0 aliphatic carbocycles. The first-order chi connectivity index (χ1) is 13.6. The molecule has 1 atom stereocenters. The normalized spacial score (nSPS) is 12.9. The minimum atomic E-state index is -1.15. The highest BCUT2D eigenvalue weighted by Gasteiger charge is 2.23. The van der Waals surface area contributed by atoms with Gasteiger partial charge in [0.2, 0.25) is 0 Å². The third kappa shape index (κ3) is 5.25. The lowest BCUT2D eigenvalue weighted by Crippen LogP contribution is -2.32. The molecule has 7 heteroatoms. The fourth-order valence-corrected chi connectivity index (χ4v) is 5.70. The van der Waals surface area contributed by atoms with Crippen molar-refractivity contribution in [2.75, 3.05) is 0 Å². The smallest absolute Gasteiger partial charge is 0.0973 e. The average molecular weight is 487 g/mol. The van der Waals surface area contributed by atoms with Gasteiger partial charge in [0.15, 0.2) is 0 Å². The zero-order valence-corrected chi connectivity index (χ0v) is 20.5. The molecule has 1 aromatic heterocycles. The summed E-state index contributed by atoms with van der Waals surface area (Å²) in [6, 6.07) is 13.3. The van der Waals surface area contributed by atoms with E-state index < -0.39 is 11.0 Å². The van der Waals surface area contributed by atoms with E-state index in [1.807, 2.05) is 57.2 Å². The number of rotatable bonds is 5. The maximum absolute atomic E-state index is 12.5. The van der Waals surface area contributed by atoms with Gasteiger partial charge in [-0.1, -0.05) is 53.0 Å². The molecule has 2 nitrogen and oxygen atoms in total. The van der Waals surface area contributed by atoms with Crippen LogP contribution in [0, 0.1) is 6.92 Å². The number of thiophene rings is 1. The Balaban J connectivity index is 2.10. The van der Waals surface area contributed by atoms with Crippen LogP contribution in [-0.4, -0.2) is 8.96 Å². The number of hydrogen-bond acceptors (Lipinski definition) is 2. The monoisotopic (exact) mass is 485 g/mol. The minimum Gasteiger partial charge on any atom is -0.242 e. The summed E-state index contributed by atoms with van der Waals surface area (Å²) < 4.78 is 15.3. The standard InChI is InChI=1S/C22H22Cl3NOS2/c1-13-19(12-26-29(27)22(2,3)4)28-21(17-10-9-16(24)11-18(17)25)20(13)14-5-7-15(23)8-6-14/h5-11,26H,12H2,1-4H3. The highest BCUT2D eigenvalue weighted by Crippen LogP contribution is 2.45. The van der Waals surface area contributed by atoms with E-state index in [2.05, 4.69) is 11.6 Å². The molecule has 3 rings (SSSR count). The van der Waals surface area contributed by atoms with Crippen molar-refractivity contribution < 1.29 is 4.21 Å². The molecule has 0 aliphatic heterocycles. The van der Waals surface area contributed by atoms with Crippen LogP contribution in [0.2, 0.25) is 15.1 Å². The molecule has 0 radical (unpaired) electrons. The molecule has 0 amide bonds. The third-order valence-electron chi connectivity index (χ3n) is 4.47. The van der Waals surface area contributed by atoms with Gasteiger partial charge in [0, 0.05) is 37.5 Å². The zero-order valence-electron chi connectivity index (χ0n) is 16.6. The van der Waals surface area contributed by atoms with Gasteiger partial charge in [-0.25, -0.2) is 8.93 Å². The van der Waals surface area contributed by atoms with E-state index in [1.54, 1.807) is 17.4 Å². The summed E-state index contributed by atoms with van der Waals surface area (Å²) in [6.45, 7) is 8.47. The summed E-state index contributed by atoms with van der Waals surface area (Å²) in [7, 11) is -1.15. The highest BCUT2D eigenvalue weighted by atomic mass is 35.5. The summed E-state index contributed by atoms with van der Waals surface area (Å²) in [5, 5.41) is 1.89. The van der Waals surface area contributed by atoms with E-state index in [4.69, 9.17) is 34.8 Å². The van der Waals surface area contributed by atoms with E-state index in [9.17, 15) is 4.21 Å². The fourth-order valence-electron chi connectivity index (χ4n) is 2.90. The van der Waals surface area contributed by atoms with Gasteiger partial charge in [0.1, 0.15) is 0 Å². The highest BCUT2D eigenvalue weighted by molar-refractivity contribution is 7.84. The molecule has 0 saturated carbocycles. The van der Waals surface area contributed by atoms with Gasteiger partial charge in [-0.05, 0) is 63.1 Å². The second-order valence-corrected chi connectivity index (χ2v) is 12.1. The number of nitrogens with one attached hydrogen (secondary N) is 1. The fraction of sp³-hybridized carbons (Fsp3) is 0.273. The van der Waals surface area contributed by atoms with Crippen LogP contribution in [0.25, 0.3) is 21.6 Å². The maximum atomic E-state index is 12.5. The van der Waals surface area contributed by atoms with E-state index in [0.717, 1.165) is 32.0 Å². The van der Waals surface area contributed by atoms with Crippen molar-refractivity contribution in [2.24, 2.45) is 0 Å². The van der Waals surface area contributed by atoms with Crippen LogP contribution in [-0.2, 0) is 17.5 Å². The quantitative estimate of drug-likeness (QED) is 0.390. The van der Waals surface area contributed by atoms with Crippen molar-refractivity contribution in [3.05, 3.63) is 68.0 Å². The van der Waals surface area contributed by atoms with Crippen LogP contribution in [0.4, 0.5) is 0 Å². The molecule has 1 heterocycles. The van der Waals surface area contributed by atoms with Gasteiger partial charge in [0.25, 0.3) is 0 Å². The van der Waals surface area contributed by atoms with Crippen molar-refractivity contribution in [1.82, 2.24) is 4.72 Å². The van der Waals surface area contributed by atoms with Gasteiger partial charge in [-0.3, -0.25) is 0 Å². The Morgan fingerprint density at radius 2 is 1.62 bits per heavy atom. The van der Waals surface area contributed by atoms with Crippen molar-refractivity contribution in [2.45, 2.75) is 39.0 Å². The van der Waals surface area contributed by atoms with Gasteiger partial charge >= 0.3 is 0 Å². The van der Waals surface area contributed by atoms with Crippen LogP contribution in [0.1, 0.15) is 31.2 Å². The minimum absolute atomic E-state index is 0.327. The zero-order chi connectivity index (χ0) is 21.3. The molecule has 2 aromatic carbocycles. The van der Waals surface area contributed by atoms with E-state index >= 15 is 0 Å². The van der Waals surface area contributed by atoms with Crippen LogP contribution >= 0.6 is 46.1 Å². The molecule has 1 unspecified atom stereocenters. The van der Waals surface area contributed by atoms with Crippen LogP contribution in [0.3, 0.4) is 0 Å². The average Bonchev–Trinajstić information content (AvgIpc) is 2.96. The molecule has 0 saturated heterocycles. The van der Waals surface area contributed by atoms with Crippen molar-refractivity contribution in [3.8, 4) is 21.6 Å². The Bertz CT molecular complexity index is 1050. The molecule has 0 aliphatic rings. The predicted octanol–water partition coefficient (Wildman–Crippen LogP) is 7.90. The Kier molecular flexibility index (Phi) is 7.14. The van der Waals surface area contributed by atoms with Crippen LogP contribution in [0.5, 0.6) is 0 Å². The predicted molar refractivity (Wildman–Crippen MR) is 130 cm³/mol. The number of halogens is 3. The first-order valence-electron chi connectivity index (χ1n) is 9.07. The number of benzene rings is 2. The summed E-state index contributed by atoms with van der Waals surface area (Å²) in [4.78, 5) is 2.18. The molecule has 0 spiro atoms. The topological polar surface area (TPSA) is 29.1 Å². The summed E-state index contributed by atoms with van der Waals surface area (Å²) in [6.07, 6.45) is 0. The third-order valence-corrected chi connectivity index (χ3v) is 8.12. The van der Waals surface area contributed by atoms with Gasteiger partial charge in [-0.2, -0.15) is 0 Å². The maximum Gasteiger partial charge on any atom is 0.0973 e. The summed E-state index contributed by atoms with van der Waals surface area (Å²) >= 11 is 20.4. The van der Waals surface area contributed by atoms with E-state index in [1.165, 1.54) is 0 Å². The van der Waals surface area contributed by atoms with Crippen molar-refractivity contribution in [3.63, 3.8) is 0 Å². The molecule has 0 fully saturated rings. The van der Waals surface area contributed by atoms with Gasteiger partial charge in [-0.15, -0.1) is 11.3 Å².